The molecule has 2 heterocycles. The molecule has 0 spiro atoms. The number of carbonyl (C=O) groups excluding carboxylic acids is 1. The maximum absolute atomic E-state index is 14.3. The number of rotatable bonds is 5. The van der Waals surface area contributed by atoms with Crippen LogP contribution in [0.2, 0.25) is 0 Å². The zero-order chi connectivity index (χ0) is 18.8. The Kier molecular flexibility index (Phi) is 4.37. The highest BCUT2D eigenvalue weighted by atomic mass is 19.1. The van der Waals surface area contributed by atoms with E-state index in [9.17, 15) is 9.18 Å². The van der Waals surface area contributed by atoms with Crippen LogP contribution in [0.25, 0.3) is 16.7 Å². The predicted molar refractivity (Wildman–Crippen MR) is 99.1 cm³/mol. The number of fused-ring (bicyclic) bond motifs is 1. The summed E-state index contributed by atoms with van der Waals surface area (Å²) in [5.74, 6) is 0.0837. The number of aryl methyl sites for hydroxylation is 1. The molecule has 136 valence electrons. The number of imidazole rings is 1. The number of nitrogens with zero attached hydrogens (tertiary/aromatic N) is 5. The Morgan fingerprint density at radius 1 is 1.22 bits per heavy atom. The third-order valence-electron chi connectivity index (χ3n) is 4.25. The van der Waals surface area contributed by atoms with Gasteiger partial charge in [0, 0.05) is 12.1 Å². The van der Waals surface area contributed by atoms with Gasteiger partial charge in [0.05, 0.1) is 11.0 Å². The second kappa shape index (κ2) is 6.99. The first-order valence-corrected chi connectivity index (χ1v) is 8.54. The van der Waals surface area contributed by atoms with Gasteiger partial charge in [-0.05, 0) is 30.3 Å². The van der Waals surface area contributed by atoms with Crippen molar-refractivity contribution in [2.75, 3.05) is 5.32 Å². The topological polar surface area (TPSA) is 77.6 Å². The molecule has 1 amide bonds. The van der Waals surface area contributed by atoms with Crippen molar-refractivity contribution in [1.29, 1.82) is 0 Å². The lowest BCUT2D eigenvalue weighted by atomic mass is 10.2. The van der Waals surface area contributed by atoms with E-state index >= 15 is 0 Å². The third-order valence-corrected chi connectivity index (χ3v) is 4.25. The lowest BCUT2D eigenvalue weighted by Crippen LogP contribution is -2.20. The van der Waals surface area contributed by atoms with Gasteiger partial charge in [0.1, 0.15) is 30.7 Å². The first kappa shape index (κ1) is 16.9. The quantitative estimate of drug-likeness (QED) is 0.591. The Morgan fingerprint density at radius 2 is 2.07 bits per heavy atom. The maximum atomic E-state index is 14.3. The molecule has 0 atom stereocenters. The third kappa shape index (κ3) is 3.29. The lowest BCUT2D eigenvalue weighted by Gasteiger charge is -2.10. The molecule has 0 aliphatic heterocycles. The van der Waals surface area contributed by atoms with Gasteiger partial charge in [-0.3, -0.25) is 4.79 Å². The molecular weight excluding hydrogens is 347 g/mol. The van der Waals surface area contributed by atoms with Gasteiger partial charge in [-0.1, -0.05) is 19.1 Å². The molecule has 2 aromatic carbocycles. The largest absolute Gasteiger partial charge is 0.324 e. The molecule has 1 N–H and O–H groups in total. The summed E-state index contributed by atoms with van der Waals surface area (Å²) in [4.78, 5) is 20.9. The molecule has 2 aromatic heterocycles. The monoisotopic (exact) mass is 364 g/mol. The fraction of sp³-hybridized carbons (Fsp3) is 0.158. The highest BCUT2D eigenvalue weighted by Crippen LogP contribution is 2.19. The zero-order valence-corrected chi connectivity index (χ0v) is 14.6. The van der Waals surface area contributed by atoms with Crippen LogP contribution in [0.1, 0.15) is 12.7 Å². The molecule has 0 fully saturated rings. The van der Waals surface area contributed by atoms with Crippen molar-refractivity contribution in [1.82, 2.24) is 24.3 Å². The van der Waals surface area contributed by atoms with Gasteiger partial charge >= 0.3 is 0 Å². The SMILES string of the molecule is CCc1nc2ccccc2n1CC(=O)Nc1ccc(-n2cncn2)c(F)c1. The van der Waals surface area contributed by atoms with Gasteiger partial charge in [-0.15, -0.1) is 0 Å². The first-order valence-electron chi connectivity index (χ1n) is 8.54. The molecule has 8 heteroatoms. The van der Waals surface area contributed by atoms with Crippen LogP contribution in [0.3, 0.4) is 0 Å². The predicted octanol–water partition coefficient (Wildman–Crippen LogP) is 2.96. The van der Waals surface area contributed by atoms with E-state index in [-0.39, 0.29) is 18.1 Å². The number of anilines is 1. The summed E-state index contributed by atoms with van der Waals surface area (Å²) in [6.45, 7) is 2.10. The molecule has 0 radical (unpaired) electrons. The van der Waals surface area contributed by atoms with Crippen molar-refractivity contribution in [3.8, 4) is 5.69 Å². The average Bonchev–Trinajstić information content (AvgIpc) is 3.30. The van der Waals surface area contributed by atoms with E-state index in [2.05, 4.69) is 20.4 Å². The van der Waals surface area contributed by atoms with Crippen LogP contribution in [0.5, 0.6) is 0 Å². The molecular formula is C19H17FN6O. The van der Waals surface area contributed by atoms with Crippen molar-refractivity contribution in [3.05, 3.63) is 66.8 Å². The summed E-state index contributed by atoms with van der Waals surface area (Å²) in [5, 5.41) is 6.64. The summed E-state index contributed by atoms with van der Waals surface area (Å²) < 4.78 is 17.5. The average molecular weight is 364 g/mol. The van der Waals surface area contributed by atoms with Gasteiger partial charge in [0.25, 0.3) is 0 Å². The number of aromatic nitrogens is 5. The first-order chi connectivity index (χ1) is 13.2. The van der Waals surface area contributed by atoms with Crippen molar-refractivity contribution < 1.29 is 9.18 Å². The number of benzene rings is 2. The fourth-order valence-electron chi connectivity index (χ4n) is 3.02. The van der Waals surface area contributed by atoms with E-state index in [1.165, 1.54) is 23.4 Å². The highest BCUT2D eigenvalue weighted by molar-refractivity contribution is 5.91. The molecule has 0 aliphatic carbocycles. The van der Waals surface area contributed by atoms with Crippen LogP contribution in [0.4, 0.5) is 10.1 Å². The van der Waals surface area contributed by atoms with Crippen LogP contribution >= 0.6 is 0 Å². The Hall–Kier alpha value is -3.55. The maximum Gasteiger partial charge on any atom is 0.244 e. The minimum Gasteiger partial charge on any atom is -0.324 e. The van der Waals surface area contributed by atoms with Gasteiger partial charge in [0.2, 0.25) is 5.91 Å². The standard InChI is InChI=1S/C19H17FN6O/c1-2-18-24-15-5-3-4-6-17(15)25(18)10-19(27)23-13-7-8-16(14(20)9-13)26-12-21-11-22-26/h3-9,11-12H,2,10H2,1H3,(H,23,27). The zero-order valence-electron chi connectivity index (χ0n) is 14.6. The van der Waals surface area contributed by atoms with Gasteiger partial charge in [-0.2, -0.15) is 5.10 Å². The van der Waals surface area contributed by atoms with Crippen LogP contribution in [-0.4, -0.2) is 30.2 Å². The molecule has 7 nitrogen and oxygen atoms in total. The number of para-hydroxylation sites is 2. The van der Waals surface area contributed by atoms with Crippen LogP contribution in [-0.2, 0) is 17.8 Å². The van der Waals surface area contributed by atoms with E-state index in [1.54, 1.807) is 12.1 Å². The summed E-state index contributed by atoms with van der Waals surface area (Å²) in [6, 6.07) is 12.1. The Balaban J connectivity index is 1.54. The molecule has 27 heavy (non-hydrogen) atoms. The molecule has 0 aliphatic rings. The summed E-state index contributed by atoms with van der Waals surface area (Å²) in [7, 11) is 0. The number of halogens is 1. The van der Waals surface area contributed by atoms with Gasteiger partial charge in [0.15, 0.2) is 5.82 Å². The molecule has 0 unspecified atom stereocenters. The number of hydrogen-bond donors (Lipinski definition) is 1. The van der Waals surface area contributed by atoms with Gasteiger partial charge in [-0.25, -0.2) is 19.0 Å². The van der Waals surface area contributed by atoms with Gasteiger partial charge < -0.3 is 9.88 Å². The minimum atomic E-state index is -0.499. The second-order valence-corrected chi connectivity index (χ2v) is 6.01. The molecule has 4 aromatic rings. The van der Waals surface area contributed by atoms with E-state index in [0.29, 0.717) is 12.1 Å². The van der Waals surface area contributed by atoms with E-state index in [4.69, 9.17) is 0 Å². The van der Waals surface area contributed by atoms with Crippen LogP contribution < -0.4 is 5.32 Å². The van der Waals surface area contributed by atoms with E-state index in [0.717, 1.165) is 16.9 Å². The molecule has 0 bridgehead atoms. The smallest absolute Gasteiger partial charge is 0.244 e. The number of amides is 1. The summed E-state index contributed by atoms with van der Waals surface area (Å²) in [5.41, 5.74) is 2.39. The fourth-order valence-corrected chi connectivity index (χ4v) is 3.02. The normalized spacial score (nSPS) is 11.0. The van der Waals surface area contributed by atoms with Crippen LogP contribution in [0.15, 0.2) is 55.1 Å². The van der Waals surface area contributed by atoms with Crippen molar-refractivity contribution in [2.24, 2.45) is 0 Å². The molecule has 0 saturated heterocycles. The Labute approximate surface area is 154 Å². The summed E-state index contributed by atoms with van der Waals surface area (Å²) in [6.07, 6.45) is 3.45. The molecule has 0 saturated carbocycles. The Bertz CT molecular complexity index is 1100. The highest BCUT2D eigenvalue weighted by Gasteiger charge is 2.13. The number of carbonyl (C=O) groups is 1. The van der Waals surface area contributed by atoms with E-state index in [1.807, 2.05) is 35.8 Å². The lowest BCUT2D eigenvalue weighted by molar-refractivity contribution is -0.116. The van der Waals surface area contributed by atoms with Crippen molar-refractivity contribution >= 4 is 22.6 Å². The van der Waals surface area contributed by atoms with Crippen molar-refractivity contribution in [2.45, 2.75) is 19.9 Å². The van der Waals surface area contributed by atoms with E-state index < -0.39 is 5.82 Å². The minimum absolute atomic E-state index is 0.107. The number of nitrogens with one attached hydrogen (secondary N) is 1. The second-order valence-electron chi connectivity index (χ2n) is 6.01. The Morgan fingerprint density at radius 3 is 2.81 bits per heavy atom. The van der Waals surface area contributed by atoms with Crippen LogP contribution in [0, 0.1) is 5.82 Å². The molecule has 4 rings (SSSR count). The number of hydrogen-bond acceptors (Lipinski definition) is 4. The van der Waals surface area contributed by atoms with Crippen molar-refractivity contribution in [3.63, 3.8) is 0 Å². The summed E-state index contributed by atoms with van der Waals surface area (Å²) >= 11 is 0.